The van der Waals surface area contributed by atoms with Crippen molar-refractivity contribution in [3.05, 3.63) is 52.5 Å². The minimum absolute atomic E-state index is 0.0488. The normalized spacial score (nSPS) is 23.0. The number of urea groups is 1. The molecule has 0 spiro atoms. The molecule has 1 aliphatic carbocycles. The maximum absolute atomic E-state index is 12.9. The number of hydrogen-bond acceptors (Lipinski definition) is 4. The molecule has 0 unspecified atom stereocenters. The number of aryl methyl sites for hydroxylation is 1. The number of fused-ring (bicyclic) bond motifs is 1. The molecule has 8 heteroatoms. The highest BCUT2D eigenvalue weighted by Crippen LogP contribution is 2.35. The summed E-state index contributed by atoms with van der Waals surface area (Å²) in [6.45, 7) is 2.63. The second-order valence-electron chi connectivity index (χ2n) is 8.35. The fourth-order valence-electron chi connectivity index (χ4n) is 4.41. The number of nitrogens with zero attached hydrogens (tertiary/aromatic N) is 1. The lowest BCUT2D eigenvalue weighted by molar-refractivity contribution is -0.122. The third-order valence-electron chi connectivity index (χ3n) is 6.39. The van der Waals surface area contributed by atoms with Crippen molar-refractivity contribution in [2.75, 3.05) is 17.7 Å². The fourth-order valence-corrected chi connectivity index (χ4v) is 4.67. The lowest BCUT2D eigenvalue weighted by atomic mass is 9.78. The molecule has 2 aromatic rings. The van der Waals surface area contributed by atoms with Crippen molar-refractivity contribution in [1.29, 1.82) is 0 Å². The number of rotatable bonds is 4. The van der Waals surface area contributed by atoms with Crippen molar-refractivity contribution in [3.8, 4) is 5.75 Å². The monoisotopic (exact) mass is 442 g/mol. The van der Waals surface area contributed by atoms with E-state index in [1.807, 2.05) is 17.0 Å². The minimum atomic E-state index is -0.983. The zero-order valence-corrected chi connectivity index (χ0v) is 18.5. The van der Waals surface area contributed by atoms with Crippen molar-refractivity contribution in [2.45, 2.75) is 50.7 Å². The molecule has 3 amide bonds. The highest BCUT2D eigenvalue weighted by Gasteiger charge is 2.41. The van der Waals surface area contributed by atoms with E-state index < -0.39 is 5.54 Å². The van der Waals surface area contributed by atoms with Crippen LogP contribution in [0.5, 0.6) is 5.75 Å². The number of carbonyl (C=O) groups excluding carboxylic acids is 2. The first kappa shape index (κ1) is 21.5. The van der Waals surface area contributed by atoms with Crippen LogP contribution in [-0.4, -0.2) is 35.5 Å². The van der Waals surface area contributed by atoms with Crippen LogP contribution in [0.2, 0.25) is 5.02 Å². The Morgan fingerprint density at radius 3 is 2.71 bits per heavy atom. The van der Waals surface area contributed by atoms with Crippen LogP contribution >= 0.6 is 11.6 Å². The van der Waals surface area contributed by atoms with Crippen LogP contribution in [0.4, 0.5) is 16.2 Å². The molecule has 0 aromatic heterocycles. The smallest absolute Gasteiger partial charge is 0.322 e. The number of hydrogen-bond donors (Lipinski definition) is 3. The van der Waals surface area contributed by atoms with Gasteiger partial charge in [0.1, 0.15) is 5.75 Å². The summed E-state index contributed by atoms with van der Waals surface area (Å²) in [5.74, 6) is 0.302. The van der Waals surface area contributed by atoms with Crippen LogP contribution in [0.25, 0.3) is 0 Å². The highest BCUT2D eigenvalue weighted by atomic mass is 35.5. The number of anilines is 2. The fraction of sp³-hybridized carbons (Fsp3) is 0.391. The Balaban J connectivity index is 1.40. The first-order valence-corrected chi connectivity index (χ1v) is 10.8. The van der Waals surface area contributed by atoms with E-state index in [1.165, 1.54) is 7.11 Å². The summed E-state index contributed by atoms with van der Waals surface area (Å²) >= 11 is 6.15. The summed E-state index contributed by atoms with van der Waals surface area (Å²) in [6.07, 6.45) is 2.33. The van der Waals surface area contributed by atoms with Crippen LogP contribution in [0.3, 0.4) is 0 Å². The third-order valence-corrected chi connectivity index (χ3v) is 6.69. The predicted molar refractivity (Wildman–Crippen MR) is 122 cm³/mol. The average molecular weight is 443 g/mol. The highest BCUT2D eigenvalue weighted by molar-refractivity contribution is 6.32. The first-order chi connectivity index (χ1) is 14.8. The number of nitrogens with one attached hydrogen (secondary N) is 2. The van der Waals surface area contributed by atoms with Crippen molar-refractivity contribution in [1.82, 2.24) is 4.90 Å². The molecule has 0 atom stereocenters. The topological polar surface area (TPSA) is 96.7 Å². The van der Waals surface area contributed by atoms with Crippen molar-refractivity contribution in [2.24, 2.45) is 5.73 Å². The number of carbonyl (C=O) groups is 2. The van der Waals surface area contributed by atoms with Gasteiger partial charge in [0.15, 0.2) is 0 Å². The molecule has 1 aliphatic heterocycles. The molecule has 1 fully saturated rings. The van der Waals surface area contributed by atoms with Gasteiger partial charge >= 0.3 is 6.03 Å². The minimum Gasteiger partial charge on any atom is -0.495 e. The molecule has 0 bridgehead atoms. The number of methoxy groups -OCH3 is 1. The SMILES string of the molecule is COc1ccc(NC(=O)C2(N)CCC(N3Cc4c(C)cccc4NC3=O)CC2)cc1Cl. The van der Waals surface area contributed by atoms with Gasteiger partial charge in [-0.2, -0.15) is 0 Å². The summed E-state index contributed by atoms with van der Waals surface area (Å²) in [5, 5.41) is 6.28. The molecule has 31 heavy (non-hydrogen) atoms. The van der Waals surface area contributed by atoms with E-state index in [4.69, 9.17) is 22.1 Å². The Bertz CT molecular complexity index is 1020. The average Bonchev–Trinajstić information content (AvgIpc) is 2.74. The molecule has 164 valence electrons. The van der Waals surface area contributed by atoms with E-state index in [-0.39, 0.29) is 18.0 Å². The van der Waals surface area contributed by atoms with E-state index in [0.29, 0.717) is 48.7 Å². The lowest BCUT2D eigenvalue weighted by Crippen LogP contribution is -2.57. The standard InChI is InChI=1S/C23H27ClN4O3/c1-14-4-3-5-19-17(14)13-28(22(30)27-19)16-8-10-23(25,11-9-16)21(29)26-15-6-7-20(31-2)18(24)12-15/h3-7,12,16H,8-11,13,25H2,1-2H3,(H,26,29)(H,27,30). The van der Waals surface area contributed by atoms with E-state index in [9.17, 15) is 9.59 Å². The van der Waals surface area contributed by atoms with Gasteiger partial charge in [-0.1, -0.05) is 23.7 Å². The molecular formula is C23H27ClN4O3. The molecule has 0 saturated heterocycles. The van der Waals surface area contributed by atoms with E-state index >= 15 is 0 Å². The Kier molecular flexibility index (Phi) is 5.81. The summed E-state index contributed by atoms with van der Waals surface area (Å²) in [6, 6.07) is 11.0. The van der Waals surface area contributed by atoms with Gasteiger partial charge in [0, 0.05) is 17.4 Å². The van der Waals surface area contributed by atoms with Gasteiger partial charge in [0.25, 0.3) is 0 Å². The Morgan fingerprint density at radius 1 is 1.29 bits per heavy atom. The van der Waals surface area contributed by atoms with Gasteiger partial charge in [0.2, 0.25) is 5.91 Å². The van der Waals surface area contributed by atoms with Crippen LogP contribution in [0, 0.1) is 6.92 Å². The predicted octanol–water partition coefficient (Wildman–Crippen LogP) is 4.28. The summed E-state index contributed by atoms with van der Waals surface area (Å²) < 4.78 is 5.14. The van der Waals surface area contributed by atoms with Gasteiger partial charge in [-0.15, -0.1) is 0 Å². The van der Waals surface area contributed by atoms with Crippen molar-refractivity contribution >= 4 is 34.9 Å². The summed E-state index contributed by atoms with van der Waals surface area (Å²) in [4.78, 5) is 27.4. The van der Waals surface area contributed by atoms with Crippen LogP contribution in [0.15, 0.2) is 36.4 Å². The Hall–Kier alpha value is -2.77. The zero-order valence-electron chi connectivity index (χ0n) is 17.7. The number of nitrogens with two attached hydrogens (primary N) is 1. The maximum atomic E-state index is 12.9. The number of benzene rings is 2. The molecule has 1 heterocycles. The third kappa shape index (κ3) is 4.20. The summed E-state index contributed by atoms with van der Waals surface area (Å²) in [5.41, 5.74) is 9.25. The lowest BCUT2D eigenvalue weighted by Gasteiger charge is -2.42. The molecule has 2 aliphatic rings. The van der Waals surface area contributed by atoms with Crippen LogP contribution < -0.4 is 21.1 Å². The van der Waals surface area contributed by atoms with Crippen molar-refractivity contribution in [3.63, 3.8) is 0 Å². The molecular weight excluding hydrogens is 416 g/mol. The molecule has 4 rings (SSSR count). The van der Waals surface area contributed by atoms with Gasteiger partial charge < -0.3 is 26.0 Å². The van der Waals surface area contributed by atoms with Crippen LogP contribution in [0.1, 0.15) is 36.8 Å². The molecule has 2 aromatic carbocycles. The second kappa shape index (κ2) is 8.40. The van der Waals surface area contributed by atoms with Gasteiger partial charge in [-0.25, -0.2) is 4.79 Å². The van der Waals surface area contributed by atoms with Gasteiger partial charge in [0.05, 0.1) is 24.2 Å². The van der Waals surface area contributed by atoms with Crippen molar-refractivity contribution < 1.29 is 14.3 Å². The van der Waals surface area contributed by atoms with Gasteiger partial charge in [-0.3, -0.25) is 4.79 Å². The molecule has 1 saturated carbocycles. The Morgan fingerprint density at radius 2 is 2.03 bits per heavy atom. The number of halogens is 1. The van der Waals surface area contributed by atoms with E-state index in [0.717, 1.165) is 16.8 Å². The zero-order chi connectivity index (χ0) is 22.2. The van der Waals surface area contributed by atoms with E-state index in [2.05, 4.69) is 23.6 Å². The maximum Gasteiger partial charge on any atom is 0.322 e. The molecule has 0 radical (unpaired) electrons. The second-order valence-corrected chi connectivity index (χ2v) is 8.76. The largest absolute Gasteiger partial charge is 0.495 e. The number of ether oxygens (including phenoxy) is 1. The van der Waals surface area contributed by atoms with Crippen LogP contribution in [-0.2, 0) is 11.3 Å². The Labute approximate surface area is 186 Å². The van der Waals surface area contributed by atoms with Gasteiger partial charge in [-0.05, 0) is 68.0 Å². The summed E-state index contributed by atoms with van der Waals surface area (Å²) in [7, 11) is 1.54. The quantitative estimate of drug-likeness (QED) is 0.658. The van der Waals surface area contributed by atoms with E-state index in [1.54, 1.807) is 18.2 Å². The number of amides is 3. The first-order valence-electron chi connectivity index (χ1n) is 10.4. The molecule has 7 nitrogen and oxygen atoms in total. The molecule has 4 N–H and O–H groups in total.